The van der Waals surface area contributed by atoms with Gasteiger partial charge in [-0.15, -0.1) is 0 Å². The molecule has 6 nitrogen and oxygen atoms in total. The van der Waals surface area contributed by atoms with Gasteiger partial charge in [-0.25, -0.2) is 4.68 Å². The van der Waals surface area contributed by atoms with Crippen molar-refractivity contribution in [3.63, 3.8) is 0 Å². The van der Waals surface area contributed by atoms with Gasteiger partial charge in [0.1, 0.15) is 11.5 Å². The Hall–Kier alpha value is -3.28. The van der Waals surface area contributed by atoms with E-state index in [2.05, 4.69) is 10.4 Å². The van der Waals surface area contributed by atoms with Crippen LogP contribution in [0.25, 0.3) is 5.69 Å². The lowest BCUT2D eigenvalue weighted by atomic mass is 10.1. The van der Waals surface area contributed by atoms with Gasteiger partial charge in [-0.3, -0.25) is 4.79 Å². The molecule has 0 fully saturated rings. The van der Waals surface area contributed by atoms with Crippen molar-refractivity contribution < 1.29 is 14.3 Å². The van der Waals surface area contributed by atoms with Crippen LogP contribution < -0.4 is 14.8 Å². The van der Waals surface area contributed by atoms with Gasteiger partial charge in [0.2, 0.25) is 0 Å². The molecule has 1 aromatic heterocycles. The molecule has 3 aromatic rings. The van der Waals surface area contributed by atoms with Crippen molar-refractivity contribution in [3.8, 4) is 17.2 Å². The van der Waals surface area contributed by atoms with Crippen molar-refractivity contribution in [1.29, 1.82) is 0 Å². The largest absolute Gasteiger partial charge is 0.497 e. The molecule has 0 radical (unpaired) electrons. The summed E-state index contributed by atoms with van der Waals surface area (Å²) in [7, 11) is 3.11. The first-order chi connectivity index (χ1) is 12.7. The van der Waals surface area contributed by atoms with E-state index in [4.69, 9.17) is 9.47 Å². The number of nitrogens with one attached hydrogen (secondary N) is 1. The number of amides is 1. The minimum Gasteiger partial charge on any atom is -0.497 e. The lowest BCUT2D eigenvalue weighted by molar-refractivity contribution is 0.0950. The van der Waals surface area contributed by atoms with E-state index in [1.54, 1.807) is 43.3 Å². The number of carbonyl (C=O) groups excluding carboxylic acids is 1. The predicted molar refractivity (Wildman–Crippen MR) is 99.1 cm³/mol. The third-order valence-corrected chi connectivity index (χ3v) is 4.06. The number of methoxy groups -OCH3 is 2. The van der Waals surface area contributed by atoms with Gasteiger partial charge in [0.15, 0.2) is 0 Å². The van der Waals surface area contributed by atoms with Crippen molar-refractivity contribution in [2.75, 3.05) is 20.8 Å². The molecule has 2 aromatic carbocycles. The molecule has 0 bridgehead atoms. The number of benzene rings is 2. The van der Waals surface area contributed by atoms with Crippen molar-refractivity contribution >= 4 is 5.91 Å². The molecule has 0 saturated carbocycles. The first kappa shape index (κ1) is 17.5. The minimum absolute atomic E-state index is 0.186. The summed E-state index contributed by atoms with van der Waals surface area (Å²) in [4.78, 5) is 12.4. The molecular weight excluding hydrogens is 330 g/mol. The Morgan fingerprint density at radius 2 is 1.92 bits per heavy atom. The monoisotopic (exact) mass is 351 g/mol. The molecule has 0 aliphatic heterocycles. The van der Waals surface area contributed by atoms with Crippen LogP contribution in [-0.4, -0.2) is 36.5 Å². The third-order valence-electron chi connectivity index (χ3n) is 4.06. The summed E-state index contributed by atoms with van der Waals surface area (Å²) < 4.78 is 12.2. The lowest BCUT2D eigenvalue weighted by Gasteiger charge is -2.11. The van der Waals surface area contributed by atoms with Crippen molar-refractivity contribution in [2.45, 2.75) is 6.42 Å². The second-order valence-electron chi connectivity index (χ2n) is 5.69. The normalized spacial score (nSPS) is 10.4. The Balaban J connectivity index is 1.58. The van der Waals surface area contributed by atoms with E-state index in [-0.39, 0.29) is 5.91 Å². The van der Waals surface area contributed by atoms with Gasteiger partial charge >= 0.3 is 0 Å². The van der Waals surface area contributed by atoms with Crippen LogP contribution in [0.3, 0.4) is 0 Å². The number of aromatic nitrogens is 2. The summed E-state index contributed by atoms with van der Waals surface area (Å²) in [6.07, 6.45) is 4.38. The Kier molecular flexibility index (Phi) is 5.53. The standard InChI is InChI=1S/C20H21N3O3/c1-25-17-8-9-19(26-2)18(14-17)20(24)21-12-10-15-4-6-16(7-5-15)23-13-3-11-22-23/h3-9,11,13-14H,10,12H2,1-2H3,(H,21,24). The van der Waals surface area contributed by atoms with E-state index in [0.29, 0.717) is 23.6 Å². The molecule has 1 amide bonds. The summed E-state index contributed by atoms with van der Waals surface area (Å²) in [5, 5.41) is 7.13. The zero-order valence-corrected chi connectivity index (χ0v) is 14.8. The first-order valence-electron chi connectivity index (χ1n) is 8.30. The molecule has 0 unspecified atom stereocenters. The molecule has 26 heavy (non-hydrogen) atoms. The highest BCUT2D eigenvalue weighted by Gasteiger charge is 2.13. The van der Waals surface area contributed by atoms with E-state index in [9.17, 15) is 4.79 Å². The minimum atomic E-state index is -0.186. The van der Waals surface area contributed by atoms with Gasteiger partial charge in [-0.05, 0) is 48.4 Å². The Morgan fingerprint density at radius 1 is 1.12 bits per heavy atom. The van der Waals surface area contributed by atoms with Crippen LogP contribution in [0.5, 0.6) is 11.5 Å². The quantitative estimate of drug-likeness (QED) is 0.711. The van der Waals surface area contributed by atoms with Crippen LogP contribution in [0, 0.1) is 0 Å². The molecule has 1 N–H and O–H groups in total. The van der Waals surface area contributed by atoms with Crippen molar-refractivity contribution in [1.82, 2.24) is 15.1 Å². The Morgan fingerprint density at radius 3 is 2.58 bits per heavy atom. The van der Waals surface area contributed by atoms with Gasteiger partial charge in [0, 0.05) is 18.9 Å². The van der Waals surface area contributed by atoms with Gasteiger partial charge in [0.05, 0.1) is 25.5 Å². The molecule has 1 heterocycles. The van der Waals surface area contributed by atoms with Crippen molar-refractivity contribution in [2.24, 2.45) is 0 Å². The third kappa shape index (κ3) is 4.03. The van der Waals surface area contributed by atoms with E-state index >= 15 is 0 Å². The molecule has 0 atom stereocenters. The highest BCUT2D eigenvalue weighted by Crippen LogP contribution is 2.23. The number of hydrogen-bond acceptors (Lipinski definition) is 4. The van der Waals surface area contributed by atoms with E-state index in [1.807, 2.05) is 36.5 Å². The van der Waals surface area contributed by atoms with Crippen LogP contribution in [0.15, 0.2) is 60.9 Å². The summed E-state index contributed by atoms with van der Waals surface area (Å²) in [5.74, 6) is 0.950. The molecule has 3 rings (SSSR count). The molecular formula is C20H21N3O3. The van der Waals surface area contributed by atoms with Gasteiger partial charge in [-0.2, -0.15) is 5.10 Å². The Labute approximate surface area is 152 Å². The van der Waals surface area contributed by atoms with Gasteiger partial charge < -0.3 is 14.8 Å². The highest BCUT2D eigenvalue weighted by molar-refractivity contribution is 5.97. The summed E-state index contributed by atoms with van der Waals surface area (Å²) in [5.41, 5.74) is 2.60. The number of rotatable bonds is 7. The zero-order valence-electron chi connectivity index (χ0n) is 14.8. The summed E-state index contributed by atoms with van der Waals surface area (Å²) in [6, 6.07) is 15.1. The van der Waals surface area contributed by atoms with Crippen LogP contribution in [0.2, 0.25) is 0 Å². The maximum absolute atomic E-state index is 12.4. The second kappa shape index (κ2) is 8.20. The van der Waals surface area contributed by atoms with Crippen LogP contribution in [-0.2, 0) is 6.42 Å². The predicted octanol–water partition coefficient (Wildman–Crippen LogP) is 2.86. The van der Waals surface area contributed by atoms with Crippen LogP contribution in [0.1, 0.15) is 15.9 Å². The van der Waals surface area contributed by atoms with Crippen molar-refractivity contribution in [3.05, 3.63) is 72.1 Å². The first-order valence-corrected chi connectivity index (χ1v) is 8.30. The fraction of sp³-hybridized carbons (Fsp3) is 0.200. The van der Waals surface area contributed by atoms with Gasteiger partial charge in [-0.1, -0.05) is 12.1 Å². The number of nitrogens with zero attached hydrogens (tertiary/aromatic N) is 2. The number of carbonyl (C=O) groups is 1. The summed E-state index contributed by atoms with van der Waals surface area (Å²) in [6.45, 7) is 0.528. The molecule has 0 aliphatic rings. The van der Waals surface area contributed by atoms with E-state index in [0.717, 1.165) is 17.7 Å². The average molecular weight is 351 g/mol. The average Bonchev–Trinajstić information content (AvgIpc) is 3.22. The van der Waals surface area contributed by atoms with E-state index < -0.39 is 0 Å². The highest BCUT2D eigenvalue weighted by atomic mass is 16.5. The SMILES string of the molecule is COc1ccc(OC)c(C(=O)NCCc2ccc(-n3cccn3)cc2)c1. The molecule has 6 heteroatoms. The number of hydrogen-bond donors (Lipinski definition) is 1. The maximum atomic E-state index is 12.4. The summed E-state index contributed by atoms with van der Waals surface area (Å²) >= 11 is 0. The maximum Gasteiger partial charge on any atom is 0.255 e. The Bertz CT molecular complexity index is 859. The fourth-order valence-electron chi connectivity index (χ4n) is 2.64. The van der Waals surface area contributed by atoms with Crippen LogP contribution in [0.4, 0.5) is 0 Å². The molecule has 134 valence electrons. The zero-order chi connectivity index (χ0) is 18.4. The van der Waals surface area contributed by atoms with Crippen LogP contribution >= 0.6 is 0 Å². The number of ether oxygens (including phenoxy) is 2. The topological polar surface area (TPSA) is 65.4 Å². The van der Waals surface area contributed by atoms with Gasteiger partial charge in [0.25, 0.3) is 5.91 Å². The molecule has 0 saturated heterocycles. The smallest absolute Gasteiger partial charge is 0.255 e. The lowest BCUT2D eigenvalue weighted by Crippen LogP contribution is -2.26. The molecule has 0 spiro atoms. The van der Waals surface area contributed by atoms with E-state index in [1.165, 1.54) is 0 Å². The second-order valence-corrected chi connectivity index (χ2v) is 5.69. The fourth-order valence-corrected chi connectivity index (χ4v) is 2.64. The molecule has 0 aliphatic carbocycles.